The van der Waals surface area contributed by atoms with Gasteiger partial charge in [0, 0.05) is 19.8 Å². The van der Waals surface area contributed by atoms with Crippen LogP contribution in [0, 0.1) is 0 Å². The van der Waals surface area contributed by atoms with Gasteiger partial charge in [0.05, 0.1) is 0 Å². The number of hydrogen-bond acceptors (Lipinski definition) is 2. The molecule has 1 aliphatic rings. The van der Waals surface area contributed by atoms with E-state index in [9.17, 15) is 0 Å². The Bertz CT molecular complexity index is 134. The molecule has 3 heteroatoms. The first-order valence-electron chi connectivity index (χ1n) is 4.89. The predicted molar refractivity (Wildman–Crippen MR) is 52.5 cm³/mol. The maximum Gasteiger partial charge on any atom is 0.340 e. The van der Waals surface area contributed by atoms with E-state index in [1.807, 2.05) is 14.2 Å². The lowest BCUT2D eigenvalue weighted by molar-refractivity contribution is 0.235. The highest BCUT2D eigenvalue weighted by Gasteiger charge is 2.47. The smallest absolute Gasteiger partial charge is 0.340 e. The Hall–Kier alpha value is 0.137. The minimum Gasteiger partial charge on any atom is -0.397 e. The van der Waals surface area contributed by atoms with Crippen LogP contribution in [0.3, 0.4) is 0 Å². The topological polar surface area (TPSA) is 18.5 Å². The van der Waals surface area contributed by atoms with Crippen molar-refractivity contribution in [3.05, 3.63) is 0 Å². The quantitative estimate of drug-likeness (QED) is 0.632. The maximum atomic E-state index is 5.63. The fourth-order valence-corrected chi connectivity index (χ4v) is 6.07. The van der Waals surface area contributed by atoms with Crippen molar-refractivity contribution in [3.63, 3.8) is 0 Å². The molecule has 1 unspecified atom stereocenters. The van der Waals surface area contributed by atoms with E-state index in [-0.39, 0.29) is 0 Å². The van der Waals surface area contributed by atoms with E-state index in [0.717, 1.165) is 5.54 Å². The highest BCUT2D eigenvalue weighted by Crippen LogP contribution is 2.43. The van der Waals surface area contributed by atoms with E-state index in [1.54, 1.807) is 0 Å². The van der Waals surface area contributed by atoms with E-state index in [1.165, 1.54) is 31.7 Å². The molecule has 0 aliphatic carbocycles. The van der Waals surface area contributed by atoms with Crippen molar-refractivity contribution < 1.29 is 8.85 Å². The molecule has 0 aromatic heterocycles. The monoisotopic (exact) mass is 188 g/mol. The summed E-state index contributed by atoms with van der Waals surface area (Å²) in [5, 5.41) is 0. The first-order valence-corrected chi connectivity index (χ1v) is 6.99. The lowest BCUT2D eigenvalue weighted by Crippen LogP contribution is -2.41. The van der Waals surface area contributed by atoms with Crippen LogP contribution in [0.15, 0.2) is 0 Å². The van der Waals surface area contributed by atoms with Gasteiger partial charge in [-0.15, -0.1) is 0 Å². The molecule has 1 aliphatic heterocycles. The molecule has 12 heavy (non-hydrogen) atoms. The van der Waals surface area contributed by atoms with E-state index < -0.39 is 8.56 Å². The first-order chi connectivity index (χ1) is 5.79. The minimum atomic E-state index is -1.73. The lowest BCUT2D eigenvalue weighted by Gasteiger charge is -2.28. The van der Waals surface area contributed by atoms with Gasteiger partial charge in [-0.25, -0.2) is 0 Å². The summed E-state index contributed by atoms with van der Waals surface area (Å²) in [5.41, 5.74) is 0.748. The second-order valence-electron chi connectivity index (χ2n) is 3.60. The Kier molecular flexibility index (Phi) is 3.74. The number of hydrogen-bond donors (Lipinski definition) is 0. The minimum absolute atomic E-state index is 0.748. The van der Waals surface area contributed by atoms with Gasteiger partial charge in [-0.3, -0.25) is 0 Å². The van der Waals surface area contributed by atoms with Crippen molar-refractivity contribution >= 4 is 8.56 Å². The third kappa shape index (κ3) is 1.73. The van der Waals surface area contributed by atoms with E-state index in [4.69, 9.17) is 8.85 Å². The molecule has 2 nitrogen and oxygen atoms in total. The molecule has 72 valence electrons. The van der Waals surface area contributed by atoms with Gasteiger partial charge in [0.15, 0.2) is 0 Å². The van der Waals surface area contributed by atoms with Gasteiger partial charge in [0.1, 0.15) is 0 Å². The highest BCUT2D eigenvalue weighted by atomic mass is 28.4. The molecule has 0 amide bonds. The van der Waals surface area contributed by atoms with Crippen LogP contribution in [-0.2, 0) is 8.85 Å². The molecule has 1 fully saturated rings. The summed E-state index contributed by atoms with van der Waals surface area (Å²) in [5.74, 6) is 0. The predicted octanol–water partition coefficient (Wildman–Crippen LogP) is 2.69. The van der Waals surface area contributed by atoms with Crippen LogP contribution in [0.2, 0.25) is 11.6 Å². The normalized spacial score (nSPS) is 27.8. The number of rotatable bonds is 4. The van der Waals surface area contributed by atoms with Gasteiger partial charge in [0.2, 0.25) is 0 Å². The fraction of sp³-hybridized carbons (Fsp3) is 1.00. The lowest BCUT2D eigenvalue weighted by atomic mass is 10.2. The standard InChI is InChI=1S/C9H20O2Si/c1-4-6-9-7-5-8-12(9,10-2)11-3/h9H,4-8H2,1-3H3. The highest BCUT2D eigenvalue weighted by molar-refractivity contribution is 6.69. The second kappa shape index (κ2) is 4.39. The van der Waals surface area contributed by atoms with Gasteiger partial charge in [-0.1, -0.05) is 19.8 Å². The summed E-state index contributed by atoms with van der Waals surface area (Å²) in [4.78, 5) is 0. The van der Waals surface area contributed by atoms with Gasteiger partial charge < -0.3 is 8.85 Å². The molecule has 0 spiro atoms. The first kappa shape index (κ1) is 10.2. The van der Waals surface area contributed by atoms with Crippen LogP contribution >= 0.6 is 0 Å². The Morgan fingerprint density at radius 2 is 2.00 bits per heavy atom. The second-order valence-corrected chi connectivity index (χ2v) is 7.35. The third-order valence-corrected chi connectivity index (χ3v) is 7.28. The summed E-state index contributed by atoms with van der Waals surface area (Å²) in [7, 11) is 1.92. The van der Waals surface area contributed by atoms with Gasteiger partial charge in [0.25, 0.3) is 0 Å². The third-order valence-electron chi connectivity index (χ3n) is 3.03. The molecule has 1 saturated heterocycles. The fourth-order valence-electron chi connectivity index (χ4n) is 2.35. The molecular weight excluding hydrogens is 168 g/mol. The summed E-state index contributed by atoms with van der Waals surface area (Å²) in [6.45, 7) is 2.24. The van der Waals surface area contributed by atoms with Crippen molar-refractivity contribution in [2.45, 2.75) is 44.2 Å². The maximum absolute atomic E-state index is 5.63. The van der Waals surface area contributed by atoms with E-state index in [2.05, 4.69) is 6.92 Å². The van der Waals surface area contributed by atoms with Crippen LogP contribution in [0.4, 0.5) is 0 Å². The summed E-state index contributed by atoms with van der Waals surface area (Å²) < 4.78 is 11.3. The Morgan fingerprint density at radius 3 is 2.50 bits per heavy atom. The molecule has 0 radical (unpaired) electrons. The average molecular weight is 188 g/mol. The SMILES string of the molecule is CCCC1CCC[Si]1(OC)OC. The summed E-state index contributed by atoms with van der Waals surface area (Å²) in [6, 6.07) is 1.20. The molecule has 0 saturated carbocycles. The zero-order valence-electron chi connectivity index (χ0n) is 8.43. The van der Waals surface area contributed by atoms with Crippen molar-refractivity contribution in [2.75, 3.05) is 14.2 Å². The van der Waals surface area contributed by atoms with Gasteiger partial charge in [-0.2, -0.15) is 0 Å². The van der Waals surface area contributed by atoms with Crippen molar-refractivity contribution in [1.29, 1.82) is 0 Å². The van der Waals surface area contributed by atoms with Crippen LogP contribution in [0.25, 0.3) is 0 Å². The molecule has 0 bridgehead atoms. The van der Waals surface area contributed by atoms with Crippen LogP contribution in [-0.4, -0.2) is 22.8 Å². The van der Waals surface area contributed by atoms with Crippen LogP contribution < -0.4 is 0 Å². The van der Waals surface area contributed by atoms with E-state index in [0.29, 0.717) is 0 Å². The van der Waals surface area contributed by atoms with Crippen molar-refractivity contribution in [1.82, 2.24) is 0 Å². The molecule has 1 atom stereocenters. The molecule has 0 aromatic carbocycles. The Morgan fingerprint density at radius 1 is 1.33 bits per heavy atom. The summed E-state index contributed by atoms with van der Waals surface area (Å²) in [6.07, 6.45) is 5.17. The average Bonchev–Trinajstić information content (AvgIpc) is 2.50. The van der Waals surface area contributed by atoms with Crippen LogP contribution in [0.5, 0.6) is 0 Å². The van der Waals surface area contributed by atoms with Crippen molar-refractivity contribution in [3.8, 4) is 0 Å². The van der Waals surface area contributed by atoms with Crippen LogP contribution in [0.1, 0.15) is 32.6 Å². The Labute approximate surface area is 76.5 Å². The van der Waals surface area contributed by atoms with Crippen molar-refractivity contribution in [2.24, 2.45) is 0 Å². The largest absolute Gasteiger partial charge is 0.397 e. The zero-order chi connectivity index (χ0) is 9.03. The molecule has 1 heterocycles. The summed E-state index contributed by atoms with van der Waals surface area (Å²) >= 11 is 0. The molecule has 0 N–H and O–H groups in total. The Balaban J connectivity index is 2.58. The molecule has 0 aromatic rings. The van der Waals surface area contributed by atoms with Gasteiger partial charge in [-0.05, 0) is 18.9 Å². The van der Waals surface area contributed by atoms with E-state index >= 15 is 0 Å². The van der Waals surface area contributed by atoms with Gasteiger partial charge >= 0.3 is 8.56 Å². The molecule has 1 rings (SSSR count). The zero-order valence-corrected chi connectivity index (χ0v) is 9.43. The molecular formula is C9H20O2Si.